The van der Waals surface area contributed by atoms with Crippen LogP contribution in [0.2, 0.25) is 0 Å². The maximum atomic E-state index is 2.69. The van der Waals surface area contributed by atoms with Crippen molar-refractivity contribution in [2.75, 3.05) is 24.5 Å². The van der Waals surface area contributed by atoms with E-state index in [1.807, 2.05) is 0 Å². The van der Waals surface area contributed by atoms with Crippen LogP contribution in [0.1, 0.15) is 38.3 Å². The zero-order chi connectivity index (χ0) is 17.6. The molecule has 134 valence electrons. The Morgan fingerprint density at radius 2 is 1.48 bits per heavy atom. The van der Waals surface area contributed by atoms with E-state index >= 15 is 0 Å². The summed E-state index contributed by atoms with van der Waals surface area (Å²) < 4.78 is 0. The van der Waals surface area contributed by atoms with Crippen molar-refractivity contribution in [3.63, 3.8) is 0 Å². The van der Waals surface area contributed by atoms with Gasteiger partial charge in [-0.25, -0.2) is 0 Å². The van der Waals surface area contributed by atoms with Gasteiger partial charge in [0, 0.05) is 30.9 Å². The van der Waals surface area contributed by atoms with Crippen LogP contribution < -0.4 is 4.90 Å². The van der Waals surface area contributed by atoms with Crippen LogP contribution in [0.15, 0.2) is 54.6 Å². The predicted octanol–water partition coefficient (Wildman–Crippen LogP) is 4.78. The molecule has 1 heterocycles. The molecule has 0 spiro atoms. The molecule has 0 aliphatic carbocycles. The molecule has 25 heavy (non-hydrogen) atoms. The Hall–Kier alpha value is -1.80. The molecule has 3 rings (SSSR count). The number of nitrogens with zero attached hydrogens (tertiary/aromatic N) is 2. The molecule has 0 bridgehead atoms. The van der Waals surface area contributed by atoms with Gasteiger partial charge in [0.05, 0.1) is 0 Å². The maximum absolute atomic E-state index is 2.69. The Morgan fingerprint density at radius 3 is 2.08 bits per heavy atom. The number of hydrogen-bond acceptors (Lipinski definition) is 2. The van der Waals surface area contributed by atoms with Gasteiger partial charge in [0.15, 0.2) is 0 Å². The Kier molecular flexibility index (Phi) is 6.14. The first-order valence-corrected chi connectivity index (χ1v) is 9.81. The standard InChI is InChI=1S/C23H32N2/c1-4-21-12-14-23(15-13-21)24-17-19(2)25(20(3)18-24)16-8-11-22-9-6-5-7-10-22/h5-7,9-10,12-15,19-20H,4,8,11,16-18H2,1-3H3. The van der Waals surface area contributed by atoms with Crippen molar-refractivity contribution in [2.24, 2.45) is 0 Å². The molecule has 1 fully saturated rings. The summed E-state index contributed by atoms with van der Waals surface area (Å²) in [4.78, 5) is 5.25. The predicted molar refractivity (Wildman–Crippen MR) is 108 cm³/mol. The minimum atomic E-state index is 0.602. The molecule has 2 aromatic rings. The van der Waals surface area contributed by atoms with Gasteiger partial charge in [-0.2, -0.15) is 0 Å². The van der Waals surface area contributed by atoms with E-state index in [0.717, 1.165) is 19.5 Å². The summed E-state index contributed by atoms with van der Waals surface area (Å²) in [6, 6.07) is 21.2. The van der Waals surface area contributed by atoms with Gasteiger partial charge in [-0.1, -0.05) is 49.4 Å². The molecule has 1 aliphatic rings. The maximum Gasteiger partial charge on any atom is 0.0367 e. The van der Waals surface area contributed by atoms with E-state index in [-0.39, 0.29) is 0 Å². The van der Waals surface area contributed by atoms with E-state index in [0.29, 0.717) is 12.1 Å². The van der Waals surface area contributed by atoms with Crippen molar-refractivity contribution in [2.45, 2.75) is 52.1 Å². The second-order valence-electron chi connectivity index (χ2n) is 7.45. The number of hydrogen-bond donors (Lipinski definition) is 0. The highest BCUT2D eigenvalue weighted by Crippen LogP contribution is 2.23. The summed E-state index contributed by atoms with van der Waals surface area (Å²) in [7, 11) is 0. The van der Waals surface area contributed by atoms with E-state index in [9.17, 15) is 0 Å². The Morgan fingerprint density at radius 1 is 0.840 bits per heavy atom. The second-order valence-corrected chi connectivity index (χ2v) is 7.45. The lowest BCUT2D eigenvalue weighted by molar-refractivity contribution is 0.130. The van der Waals surface area contributed by atoms with Gasteiger partial charge in [-0.05, 0) is 62.9 Å². The van der Waals surface area contributed by atoms with Crippen LogP contribution in [0.4, 0.5) is 5.69 Å². The molecule has 2 nitrogen and oxygen atoms in total. The van der Waals surface area contributed by atoms with Crippen LogP contribution >= 0.6 is 0 Å². The Balaban J connectivity index is 1.54. The topological polar surface area (TPSA) is 6.48 Å². The van der Waals surface area contributed by atoms with Crippen LogP contribution in [-0.4, -0.2) is 36.6 Å². The zero-order valence-corrected chi connectivity index (χ0v) is 16.0. The lowest BCUT2D eigenvalue weighted by Crippen LogP contribution is -2.57. The average Bonchev–Trinajstić information content (AvgIpc) is 2.65. The molecule has 0 saturated carbocycles. The lowest BCUT2D eigenvalue weighted by Gasteiger charge is -2.45. The van der Waals surface area contributed by atoms with Crippen molar-refractivity contribution < 1.29 is 0 Å². The van der Waals surface area contributed by atoms with Crippen LogP contribution in [0.25, 0.3) is 0 Å². The third-order valence-electron chi connectivity index (χ3n) is 5.54. The molecule has 2 atom stereocenters. The van der Waals surface area contributed by atoms with E-state index in [2.05, 4.69) is 85.2 Å². The van der Waals surface area contributed by atoms with Crippen LogP contribution in [0.3, 0.4) is 0 Å². The van der Waals surface area contributed by atoms with Gasteiger partial charge < -0.3 is 4.90 Å². The summed E-state index contributed by atoms with van der Waals surface area (Å²) in [5, 5.41) is 0. The molecule has 0 radical (unpaired) electrons. The first kappa shape index (κ1) is 18.0. The molecule has 0 aromatic heterocycles. The molecule has 1 aliphatic heterocycles. The number of benzene rings is 2. The lowest BCUT2D eigenvalue weighted by atomic mass is 10.0. The Labute approximate surface area is 153 Å². The van der Waals surface area contributed by atoms with Gasteiger partial charge in [-0.3, -0.25) is 4.90 Å². The molecule has 0 N–H and O–H groups in total. The largest absolute Gasteiger partial charge is 0.368 e. The average molecular weight is 337 g/mol. The van der Waals surface area contributed by atoms with Crippen LogP contribution in [0.5, 0.6) is 0 Å². The van der Waals surface area contributed by atoms with Crippen LogP contribution in [0, 0.1) is 0 Å². The molecular weight excluding hydrogens is 304 g/mol. The highest BCUT2D eigenvalue weighted by atomic mass is 15.3. The summed E-state index contributed by atoms with van der Waals surface area (Å²) >= 11 is 0. The molecular formula is C23H32N2. The SMILES string of the molecule is CCc1ccc(N2CC(C)N(CCCc3ccccc3)C(C)C2)cc1. The van der Waals surface area contributed by atoms with Gasteiger partial charge >= 0.3 is 0 Å². The molecule has 1 saturated heterocycles. The molecule has 2 aromatic carbocycles. The quantitative estimate of drug-likeness (QED) is 0.749. The summed E-state index contributed by atoms with van der Waals surface area (Å²) in [6.07, 6.45) is 3.53. The summed E-state index contributed by atoms with van der Waals surface area (Å²) in [5.74, 6) is 0. The minimum absolute atomic E-state index is 0.602. The monoisotopic (exact) mass is 336 g/mol. The Bertz CT molecular complexity index is 623. The van der Waals surface area contributed by atoms with E-state index in [4.69, 9.17) is 0 Å². The third-order valence-corrected chi connectivity index (χ3v) is 5.54. The van der Waals surface area contributed by atoms with Crippen molar-refractivity contribution in [1.29, 1.82) is 0 Å². The number of anilines is 1. The van der Waals surface area contributed by atoms with E-state index in [1.54, 1.807) is 0 Å². The van der Waals surface area contributed by atoms with Gasteiger partial charge in [0.25, 0.3) is 0 Å². The molecule has 2 heteroatoms. The van der Waals surface area contributed by atoms with Gasteiger partial charge in [-0.15, -0.1) is 0 Å². The summed E-state index contributed by atoms with van der Waals surface area (Å²) in [6.45, 7) is 10.4. The number of piperazine rings is 1. The van der Waals surface area contributed by atoms with Crippen molar-refractivity contribution in [3.05, 3.63) is 65.7 Å². The first-order valence-electron chi connectivity index (χ1n) is 9.81. The first-order chi connectivity index (χ1) is 12.2. The molecule has 0 amide bonds. The van der Waals surface area contributed by atoms with Crippen molar-refractivity contribution >= 4 is 5.69 Å². The van der Waals surface area contributed by atoms with Crippen molar-refractivity contribution in [1.82, 2.24) is 4.90 Å². The fourth-order valence-electron chi connectivity index (χ4n) is 4.06. The normalized spacial score (nSPS) is 21.5. The zero-order valence-electron chi connectivity index (χ0n) is 16.0. The van der Waals surface area contributed by atoms with E-state index in [1.165, 1.54) is 36.2 Å². The smallest absolute Gasteiger partial charge is 0.0367 e. The van der Waals surface area contributed by atoms with E-state index < -0.39 is 0 Å². The van der Waals surface area contributed by atoms with Gasteiger partial charge in [0.1, 0.15) is 0 Å². The second kappa shape index (κ2) is 8.53. The fourth-order valence-corrected chi connectivity index (χ4v) is 4.06. The minimum Gasteiger partial charge on any atom is -0.368 e. The van der Waals surface area contributed by atoms with Gasteiger partial charge in [0.2, 0.25) is 0 Å². The number of rotatable bonds is 6. The highest BCUT2D eigenvalue weighted by molar-refractivity contribution is 5.48. The van der Waals surface area contributed by atoms with Crippen molar-refractivity contribution in [3.8, 4) is 0 Å². The molecule has 2 unspecified atom stereocenters. The van der Waals surface area contributed by atoms with Crippen LogP contribution in [-0.2, 0) is 12.8 Å². The fraction of sp³-hybridized carbons (Fsp3) is 0.478. The third kappa shape index (κ3) is 4.64. The highest BCUT2D eigenvalue weighted by Gasteiger charge is 2.28. The summed E-state index contributed by atoms with van der Waals surface area (Å²) in [5.41, 5.74) is 4.25. The number of aryl methyl sites for hydroxylation is 2.